The van der Waals surface area contributed by atoms with Gasteiger partial charge in [-0.25, -0.2) is 9.97 Å². The molecule has 2 rings (SSSR count). The Morgan fingerprint density at radius 3 is 2.78 bits per heavy atom. The van der Waals surface area contributed by atoms with Gasteiger partial charge in [0.15, 0.2) is 0 Å². The third-order valence-corrected chi connectivity index (χ3v) is 4.58. The molecule has 6 heteroatoms. The fourth-order valence-corrected chi connectivity index (χ4v) is 3.11. The molecule has 0 spiro atoms. The quantitative estimate of drug-likeness (QED) is 0.790. The molecule has 0 amide bonds. The highest BCUT2D eigenvalue weighted by atomic mass is 79.9. The van der Waals surface area contributed by atoms with Gasteiger partial charge in [-0.2, -0.15) is 0 Å². The van der Waals surface area contributed by atoms with Crippen molar-refractivity contribution in [2.75, 3.05) is 14.2 Å². The summed E-state index contributed by atoms with van der Waals surface area (Å²) in [7, 11) is 3.27. The van der Waals surface area contributed by atoms with Crippen molar-refractivity contribution < 1.29 is 9.47 Å². The molecule has 0 aliphatic heterocycles. The molecule has 0 fully saturated rings. The van der Waals surface area contributed by atoms with E-state index in [-0.39, 0.29) is 4.83 Å². The van der Waals surface area contributed by atoms with Crippen LogP contribution < -0.4 is 9.47 Å². The molecule has 1 atom stereocenters. The smallest absolute Gasteiger partial charge is 0.216 e. The van der Waals surface area contributed by atoms with Crippen molar-refractivity contribution in [3.8, 4) is 11.6 Å². The second-order valence-corrected chi connectivity index (χ2v) is 5.66. The van der Waals surface area contributed by atoms with Crippen molar-refractivity contribution in [2.45, 2.75) is 11.2 Å². The number of aromatic nitrogens is 2. The normalized spacial score (nSPS) is 12.2. The fraction of sp³-hybridized carbons (Fsp3) is 0.333. The maximum absolute atomic E-state index is 5.18. The van der Waals surface area contributed by atoms with Crippen LogP contribution in [0.5, 0.6) is 11.6 Å². The predicted octanol–water partition coefficient (Wildman–Crippen LogP) is 3.23. The minimum atomic E-state index is 0.214. The Morgan fingerprint density at radius 2 is 2.11 bits per heavy atom. The van der Waals surface area contributed by atoms with E-state index < -0.39 is 0 Å². The first-order valence-electron chi connectivity index (χ1n) is 5.34. The van der Waals surface area contributed by atoms with E-state index in [0.717, 1.165) is 17.9 Å². The summed E-state index contributed by atoms with van der Waals surface area (Å²) in [5, 5.41) is 1.99. The van der Waals surface area contributed by atoms with E-state index in [1.54, 1.807) is 25.6 Å². The molecule has 0 aromatic carbocycles. The van der Waals surface area contributed by atoms with E-state index in [1.165, 1.54) is 11.2 Å². The predicted molar refractivity (Wildman–Crippen MR) is 74.8 cm³/mol. The van der Waals surface area contributed by atoms with Crippen LogP contribution in [0.4, 0.5) is 0 Å². The summed E-state index contributed by atoms with van der Waals surface area (Å²) in [6.07, 6.45) is 2.30. The Labute approximate surface area is 118 Å². The number of methoxy groups -OCH3 is 2. The van der Waals surface area contributed by atoms with Crippen LogP contribution in [-0.4, -0.2) is 24.2 Å². The van der Waals surface area contributed by atoms with Crippen molar-refractivity contribution in [1.29, 1.82) is 0 Å². The lowest BCUT2D eigenvalue weighted by Gasteiger charge is -2.07. The molecule has 1 unspecified atom stereocenters. The number of ether oxygens (including phenoxy) is 2. The fourth-order valence-electron chi connectivity index (χ4n) is 1.49. The minimum absolute atomic E-state index is 0.214. The van der Waals surface area contributed by atoms with Crippen molar-refractivity contribution in [2.24, 2.45) is 0 Å². The summed E-state index contributed by atoms with van der Waals surface area (Å²) in [6, 6.07) is 3.88. The second-order valence-electron chi connectivity index (χ2n) is 3.61. The molecule has 0 N–H and O–H groups in total. The summed E-state index contributed by atoms with van der Waals surface area (Å²) < 4.78 is 10.3. The average Bonchev–Trinajstić information content (AvgIpc) is 2.88. The highest BCUT2D eigenvalue weighted by Gasteiger charge is 2.13. The lowest BCUT2D eigenvalue weighted by atomic mass is 10.2. The lowest BCUT2D eigenvalue weighted by Crippen LogP contribution is -1.98. The van der Waals surface area contributed by atoms with Gasteiger partial charge in [-0.3, -0.25) is 0 Å². The topological polar surface area (TPSA) is 44.2 Å². The van der Waals surface area contributed by atoms with Gasteiger partial charge in [-0.1, -0.05) is 15.9 Å². The van der Waals surface area contributed by atoms with Gasteiger partial charge >= 0.3 is 0 Å². The summed E-state index contributed by atoms with van der Waals surface area (Å²) in [4.78, 5) is 9.65. The number of hydrogen-bond acceptors (Lipinski definition) is 5. The van der Waals surface area contributed by atoms with Crippen LogP contribution in [0, 0.1) is 0 Å². The van der Waals surface area contributed by atoms with Crippen LogP contribution >= 0.6 is 27.3 Å². The standard InChI is InChI=1S/C12H13BrN2O2S/c1-16-9-5-11(18-6-9)10(13)3-8-4-12(17-2)15-7-14-8/h4-7,10H,3H2,1-2H3. The van der Waals surface area contributed by atoms with Crippen molar-refractivity contribution in [3.05, 3.63) is 34.4 Å². The van der Waals surface area contributed by atoms with Gasteiger partial charge in [0.25, 0.3) is 0 Å². The van der Waals surface area contributed by atoms with E-state index in [0.29, 0.717) is 5.88 Å². The lowest BCUT2D eigenvalue weighted by molar-refractivity contribution is 0.396. The highest BCUT2D eigenvalue weighted by molar-refractivity contribution is 9.09. The number of halogens is 1. The Hall–Kier alpha value is -1.14. The second kappa shape index (κ2) is 6.15. The van der Waals surface area contributed by atoms with E-state index in [9.17, 15) is 0 Å². The van der Waals surface area contributed by atoms with Gasteiger partial charge < -0.3 is 9.47 Å². The monoisotopic (exact) mass is 328 g/mol. The van der Waals surface area contributed by atoms with Crippen molar-refractivity contribution in [1.82, 2.24) is 9.97 Å². The van der Waals surface area contributed by atoms with Crippen LogP contribution in [0.1, 0.15) is 15.4 Å². The van der Waals surface area contributed by atoms with Gasteiger partial charge in [0.05, 0.1) is 19.0 Å². The molecule has 0 aliphatic carbocycles. The molecule has 0 bridgehead atoms. The van der Waals surface area contributed by atoms with Crippen molar-refractivity contribution >= 4 is 27.3 Å². The van der Waals surface area contributed by atoms with E-state index in [1.807, 2.05) is 17.5 Å². The average molecular weight is 329 g/mol. The van der Waals surface area contributed by atoms with Gasteiger partial charge in [0, 0.05) is 28.4 Å². The van der Waals surface area contributed by atoms with Crippen LogP contribution in [0.3, 0.4) is 0 Å². The molecule has 2 aromatic heterocycles. The zero-order chi connectivity index (χ0) is 13.0. The molecule has 18 heavy (non-hydrogen) atoms. The molecule has 4 nitrogen and oxygen atoms in total. The summed E-state index contributed by atoms with van der Waals surface area (Å²) in [6.45, 7) is 0. The SMILES string of the molecule is COc1csc(C(Br)Cc2cc(OC)ncn2)c1. The number of thiophene rings is 1. The van der Waals surface area contributed by atoms with Gasteiger partial charge in [0.2, 0.25) is 5.88 Å². The summed E-state index contributed by atoms with van der Waals surface area (Å²) in [5.74, 6) is 1.48. The molecular weight excluding hydrogens is 316 g/mol. The van der Waals surface area contributed by atoms with Gasteiger partial charge in [-0.15, -0.1) is 11.3 Å². The molecule has 0 aliphatic rings. The number of nitrogens with zero attached hydrogens (tertiary/aromatic N) is 2. The highest BCUT2D eigenvalue weighted by Crippen LogP contribution is 2.34. The molecule has 0 saturated carbocycles. The van der Waals surface area contributed by atoms with Crippen LogP contribution in [0.2, 0.25) is 0 Å². The number of alkyl halides is 1. The first-order valence-corrected chi connectivity index (χ1v) is 7.14. The molecule has 0 saturated heterocycles. The molecule has 2 aromatic rings. The maximum Gasteiger partial charge on any atom is 0.216 e. The third kappa shape index (κ3) is 3.20. The molecule has 2 heterocycles. The van der Waals surface area contributed by atoms with Crippen LogP contribution in [0.25, 0.3) is 0 Å². The maximum atomic E-state index is 5.18. The largest absolute Gasteiger partial charge is 0.496 e. The Balaban J connectivity index is 2.08. The van der Waals surface area contributed by atoms with Gasteiger partial charge in [0.1, 0.15) is 12.1 Å². The third-order valence-electron chi connectivity index (χ3n) is 2.44. The summed E-state index contributed by atoms with van der Waals surface area (Å²) in [5.41, 5.74) is 0.941. The van der Waals surface area contributed by atoms with Crippen LogP contribution in [-0.2, 0) is 6.42 Å². The minimum Gasteiger partial charge on any atom is -0.496 e. The van der Waals surface area contributed by atoms with E-state index in [2.05, 4.69) is 25.9 Å². The van der Waals surface area contributed by atoms with Crippen LogP contribution in [0.15, 0.2) is 23.8 Å². The number of rotatable bonds is 5. The zero-order valence-corrected chi connectivity index (χ0v) is 12.5. The molecular formula is C12H13BrN2O2S. The zero-order valence-electron chi connectivity index (χ0n) is 10.1. The molecule has 96 valence electrons. The number of hydrogen-bond donors (Lipinski definition) is 0. The first-order chi connectivity index (χ1) is 8.72. The Bertz CT molecular complexity index is 518. The Morgan fingerprint density at radius 1 is 1.28 bits per heavy atom. The molecule has 0 radical (unpaired) electrons. The summed E-state index contributed by atoms with van der Waals surface area (Å²) >= 11 is 5.33. The van der Waals surface area contributed by atoms with E-state index in [4.69, 9.17) is 9.47 Å². The van der Waals surface area contributed by atoms with Crippen molar-refractivity contribution in [3.63, 3.8) is 0 Å². The van der Waals surface area contributed by atoms with E-state index >= 15 is 0 Å². The Kier molecular flexibility index (Phi) is 4.54. The van der Waals surface area contributed by atoms with Gasteiger partial charge in [-0.05, 0) is 6.07 Å². The first kappa shape index (κ1) is 13.3.